The van der Waals surface area contributed by atoms with Crippen molar-refractivity contribution in [3.63, 3.8) is 0 Å². The van der Waals surface area contributed by atoms with Crippen molar-refractivity contribution in [3.8, 4) is 0 Å². The van der Waals surface area contributed by atoms with Crippen LogP contribution in [0.3, 0.4) is 0 Å². The number of carbonyl (C=O) groups is 3. The number of carboxylic acid groups (broad SMARTS) is 1. The number of hydrogen-bond acceptors (Lipinski definition) is 4. The Labute approximate surface area is 118 Å². The summed E-state index contributed by atoms with van der Waals surface area (Å²) in [5.74, 6) is -1.53. The Kier molecular flexibility index (Phi) is 5.94. The van der Waals surface area contributed by atoms with Gasteiger partial charge in [-0.05, 0) is 25.2 Å². The molecule has 0 aliphatic carbocycles. The highest BCUT2D eigenvalue weighted by atomic mass is 16.4. The molecule has 2 atom stereocenters. The Balaban J connectivity index is 2.80. The molecule has 7 nitrogen and oxygen atoms in total. The van der Waals surface area contributed by atoms with Gasteiger partial charge in [-0.15, -0.1) is 0 Å². The average Bonchev–Trinajstić information content (AvgIpc) is 2.85. The van der Waals surface area contributed by atoms with Gasteiger partial charge in [0.1, 0.15) is 12.1 Å². The van der Waals surface area contributed by atoms with E-state index in [1.54, 1.807) is 0 Å². The Hall–Kier alpha value is -1.63. The normalized spacial score (nSPS) is 20.0. The molecular weight excluding hydrogens is 262 g/mol. The van der Waals surface area contributed by atoms with Crippen LogP contribution in [0.5, 0.6) is 0 Å². The van der Waals surface area contributed by atoms with Gasteiger partial charge in [-0.2, -0.15) is 0 Å². The summed E-state index contributed by atoms with van der Waals surface area (Å²) in [5.41, 5.74) is 5.25. The second-order valence-electron chi connectivity index (χ2n) is 5.48. The van der Waals surface area contributed by atoms with Crippen LogP contribution >= 0.6 is 0 Å². The molecule has 0 saturated carbocycles. The number of rotatable bonds is 6. The van der Waals surface area contributed by atoms with Crippen LogP contribution in [0.1, 0.15) is 33.1 Å². The lowest BCUT2D eigenvalue weighted by molar-refractivity contribution is -0.149. The van der Waals surface area contributed by atoms with Crippen LogP contribution in [-0.4, -0.2) is 53.0 Å². The topological polar surface area (TPSA) is 113 Å². The quantitative estimate of drug-likeness (QED) is 0.612. The van der Waals surface area contributed by atoms with E-state index in [1.807, 2.05) is 13.8 Å². The Morgan fingerprint density at radius 2 is 2.05 bits per heavy atom. The molecule has 1 aliphatic heterocycles. The molecule has 20 heavy (non-hydrogen) atoms. The van der Waals surface area contributed by atoms with Gasteiger partial charge in [0.2, 0.25) is 11.8 Å². The van der Waals surface area contributed by atoms with E-state index < -0.39 is 24.0 Å². The monoisotopic (exact) mass is 285 g/mol. The molecular formula is C13H23N3O4. The summed E-state index contributed by atoms with van der Waals surface area (Å²) in [6.07, 6.45) is 1.59. The summed E-state index contributed by atoms with van der Waals surface area (Å²) in [7, 11) is 0. The van der Waals surface area contributed by atoms with Crippen molar-refractivity contribution in [2.45, 2.75) is 45.2 Å². The molecule has 0 unspecified atom stereocenters. The number of carboxylic acids is 1. The highest BCUT2D eigenvalue weighted by Crippen LogP contribution is 2.20. The minimum Gasteiger partial charge on any atom is -0.480 e. The summed E-state index contributed by atoms with van der Waals surface area (Å²) < 4.78 is 0. The summed E-state index contributed by atoms with van der Waals surface area (Å²) in [6.45, 7) is 4.11. The van der Waals surface area contributed by atoms with Gasteiger partial charge in [0.15, 0.2) is 0 Å². The predicted molar refractivity (Wildman–Crippen MR) is 72.8 cm³/mol. The first-order valence-corrected chi connectivity index (χ1v) is 6.89. The van der Waals surface area contributed by atoms with Gasteiger partial charge in [0.25, 0.3) is 0 Å². The van der Waals surface area contributed by atoms with Crippen molar-refractivity contribution in [2.75, 3.05) is 13.1 Å². The first-order valence-electron chi connectivity index (χ1n) is 6.89. The summed E-state index contributed by atoms with van der Waals surface area (Å²) in [5, 5.41) is 11.7. The fourth-order valence-corrected chi connectivity index (χ4v) is 2.43. The van der Waals surface area contributed by atoms with Crippen LogP contribution < -0.4 is 11.1 Å². The second-order valence-corrected chi connectivity index (χ2v) is 5.48. The molecule has 0 radical (unpaired) electrons. The molecule has 4 N–H and O–H groups in total. The Morgan fingerprint density at radius 3 is 2.55 bits per heavy atom. The van der Waals surface area contributed by atoms with Crippen molar-refractivity contribution >= 4 is 17.8 Å². The lowest BCUT2D eigenvalue weighted by Crippen LogP contribution is -2.53. The molecule has 0 aromatic carbocycles. The summed E-state index contributed by atoms with van der Waals surface area (Å²) >= 11 is 0. The van der Waals surface area contributed by atoms with E-state index in [2.05, 4.69) is 5.32 Å². The Morgan fingerprint density at radius 1 is 1.40 bits per heavy atom. The molecule has 1 heterocycles. The number of nitrogens with one attached hydrogen (secondary N) is 1. The van der Waals surface area contributed by atoms with E-state index in [4.69, 9.17) is 10.8 Å². The standard InChI is InChI=1S/C13H23N3O4/c1-8(2)6-9(15-11(17)7-14)12(18)16-5-3-4-10(16)13(19)20/h8-10H,3-7,14H2,1-2H3,(H,15,17)(H,19,20)/t9-,10-/m0/s1. The highest BCUT2D eigenvalue weighted by Gasteiger charge is 2.37. The third kappa shape index (κ3) is 4.19. The maximum absolute atomic E-state index is 12.5. The van der Waals surface area contributed by atoms with E-state index in [0.29, 0.717) is 25.8 Å². The molecule has 1 fully saturated rings. The molecule has 0 aromatic heterocycles. The summed E-state index contributed by atoms with van der Waals surface area (Å²) in [4.78, 5) is 36.4. The third-order valence-corrected chi connectivity index (χ3v) is 3.35. The molecule has 0 bridgehead atoms. The van der Waals surface area contributed by atoms with Crippen molar-refractivity contribution in [3.05, 3.63) is 0 Å². The first kappa shape index (κ1) is 16.4. The lowest BCUT2D eigenvalue weighted by Gasteiger charge is -2.28. The molecule has 1 saturated heterocycles. The molecule has 0 spiro atoms. The maximum Gasteiger partial charge on any atom is 0.326 e. The number of aliphatic carboxylic acids is 1. The van der Waals surface area contributed by atoms with Gasteiger partial charge >= 0.3 is 5.97 Å². The average molecular weight is 285 g/mol. The molecule has 7 heteroatoms. The zero-order valence-electron chi connectivity index (χ0n) is 12.0. The fourth-order valence-electron chi connectivity index (χ4n) is 2.43. The van der Waals surface area contributed by atoms with E-state index in [1.165, 1.54) is 4.90 Å². The summed E-state index contributed by atoms with van der Waals surface area (Å²) in [6, 6.07) is -1.49. The van der Waals surface area contributed by atoms with Crippen molar-refractivity contribution < 1.29 is 19.5 Å². The van der Waals surface area contributed by atoms with Gasteiger partial charge in [0.05, 0.1) is 6.54 Å². The maximum atomic E-state index is 12.5. The van der Waals surface area contributed by atoms with Crippen LogP contribution in [0.4, 0.5) is 0 Å². The smallest absolute Gasteiger partial charge is 0.326 e. The fraction of sp³-hybridized carbons (Fsp3) is 0.769. The minimum atomic E-state index is -0.996. The van der Waals surface area contributed by atoms with Crippen LogP contribution in [0.15, 0.2) is 0 Å². The van der Waals surface area contributed by atoms with Crippen LogP contribution in [-0.2, 0) is 14.4 Å². The van der Waals surface area contributed by atoms with Crippen LogP contribution in [0.2, 0.25) is 0 Å². The molecule has 114 valence electrons. The van der Waals surface area contributed by atoms with Gasteiger partial charge in [-0.25, -0.2) is 4.79 Å². The zero-order valence-corrected chi connectivity index (χ0v) is 12.0. The molecule has 2 amide bonds. The van der Waals surface area contributed by atoms with Crippen molar-refractivity contribution in [1.82, 2.24) is 10.2 Å². The zero-order chi connectivity index (χ0) is 15.3. The lowest BCUT2D eigenvalue weighted by atomic mass is 10.0. The first-order chi connectivity index (χ1) is 9.36. The number of nitrogens with two attached hydrogens (primary N) is 1. The largest absolute Gasteiger partial charge is 0.480 e. The number of nitrogens with zero attached hydrogens (tertiary/aromatic N) is 1. The van der Waals surface area contributed by atoms with Gasteiger partial charge < -0.3 is 21.1 Å². The Bertz CT molecular complexity index is 384. The molecule has 1 aliphatic rings. The SMILES string of the molecule is CC(C)C[C@H](NC(=O)CN)C(=O)N1CCC[C@H]1C(=O)O. The van der Waals surface area contributed by atoms with Crippen LogP contribution in [0, 0.1) is 5.92 Å². The van der Waals surface area contributed by atoms with Gasteiger partial charge in [-0.1, -0.05) is 13.8 Å². The predicted octanol–water partition coefficient (Wildman–Crippen LogP) is -0.448. The minimum absolute atomic E-state index is 0.190. The van der Waals surface area contributed by atoms with E-state index in [0.717, 1.165) is 0 Å². The van der Waals surface area contributed by atoms with Crippen LogP contribution in [0.25, 0.3) is 0 Å². The number of hydrogen-bond donors (Lipinski definition) is 3. The highest BCUT2D eigenvalue weighted by molar-refractivity contribution is 5.91. The van der Waals surface area contributed by atoms with Crippen molar-refractivity contribution in [1.29, 1.82) is 0 Å². The van der Waals surface area contributed by atoms with Crippen molar-refractivity contribution in [2.24, 2.45) is 11.7 Å². The van der Waals surface area contributed by atoms with Gasteiger partial charge in [-0.3, -0.25) is 9.59 Å². The molecule has 1 rings (SSSR count). The second kappa shape index (κ2) is 7.23. The molecule has 0 aromatic rings. The van der Waals surface area contributed by atoms with E-state index in [-0.39, 0.29) is 18.4 Å². The van der Waals surface area contributed by atoms with E-state index in [9.17, 15) is 14.4 Å². The number of amides is 2. The number of likely N-dealkylation sites (tertiary alicyclic amines) is 1. The van der Waals surface area contributed by atoms with E-state index >= 15 is 0 Å². The number of carbonyl (C=O) groups excluding carboxylic acids is 2. The van der Waals surface area contributed by atoms with Gasteiger partial charge in [0, 0.05) is 6.54 Å². The third-order valence-electron chi connectivity index (χ3n) is 3.35.